The molecule has 3 nitrogen and oxygen atoms in total. The minimum absolute atomic E-state index is 0.327. The Balaban J connectivity index is 1.41. The van der Waals surface area contributed by atoms with Gasteiger partial charge in [0.2, 0.25) is 0 Å². The van der Waals surface area contributed by atoms with Crippen molar-refractivity contribution in [3.63, 3.8) is 0 Å². The maximum atomic E-state index is 5.97. The summed E-state index contributed by atoms with van der Waals surface area (Å²) in [6.45, 7) is 4.82. The van der Waals surface area contributed by atoms with E-state index in [0.29, 0.717) is 6.10 Å². The Labute approximate surface area is 119 Å². The quantitative estimate of drug-likeness (QED) is 0.896. The summed E-state index contributed by atoms with van der Waals surface area (Å²) in [4.78, 5) is 2.58. The second kappa shape index (κ2) is 6.23. The van der Waals surface area contributed by atoms with E-state index in [4.69, 9.17) is 16.3 Å². The summed E-state index contributed by atoms with van der Waals surface area (Å²) in [5, 5.41) is 4.27. The number of halogens is 1. The molecule has 0 radical (unpaired) electrons. The second-order valence-electron chi connectivity index (χ2n) is 5.48. The van der Waals surface area contributed by atoms with Gasteiger partial charge in [-0.05, 0) is 30.5 Å². The lowest BCUT2D eigenvalue weighted by Crippen LogP contribution is -2.47. The zero-order chi connectivity index (χ0) is 13.1. The number of hydrogen-bond acceptors (Lipinski definition) is 3. The van der Waals surface area contributed by atoms with Gasteiger partial charge in [-0.25, -0.2) is 0 Å². The van der Waals surface area contributed by atoms with Crippen LogP contribution in [0.15, 0.2) is 24.3 Å². The summed E-state index contributed by atoms with van der Waals surface area (Å²) in [5.41, 5.74) is 1.22. The van der Waals surface area contributed by atoms with Gasteiger partial charge in [-0.1, -0.05) is 23.7 Å². The van der Waals surface area contributed by atoms with Crippen LogP contribution < -0.4 is 5.32 Å². The first kappa shape index (κ1) is 13.4. The molecule has 0 amide bonds. The van der Waals surface area contributed by atoms with Gasteiger partial charge >= 0.3 is 0 Å². The fourth-order valence-corrected chi connectivity index (χ4v) is 2.87. The molecule has 1 aromatic carbocycles. The van der Waals surface area contributed by atoms with Crippen molar-refractivity contribution in [3.05, 3.63) is 34.9 Å². The zero-order valence-electron chi connectivity index (χ0n) is 11.1. The first-order valence-corrected chi connectivity index (χ1v) is 7.50. The van der Waals surface area contributed by atoms with E-state index in [9.17, 15) is 0 Å². The molecule has 4 heteroatoms. The van der Waals surface area contributed by atoms with Crippen molar-refractivity contribution in [1.29, 1.82) is 0 Å². The average molecular weight is 281 g/mol. The van der Waals surface area contributed by atoms with E-state index in [2.05, 4.69) is 16.3 Å². The molecule has 0 spiro atoms. The normalized spacial score (nSPS) is 24.6. The number of nitrogens with zero attached hydrogens (tertiary/aromatic N) is 1. The molecule has 1 aliphatic heterocycles. The van der Waals surface area contributed by atoms with E-state index in [1.54, 1.807) is 0 Å². The highest BCUT2D eigenvalue weighted by Gasteiger charge is 2.32. The summed E-state index contributed by atoms with van der Waals surface area (Å²) in [6.07, 6.45) is 3.08. The molecule has 2 fully saturated rings. The summed E-state index contributed by atoms with van der Waals surface area (Å²) >= 11 is 5.97. The maximum Gasteiger partial charge on any atom is 0.0826 e. The molecule has 3 rings (SSSR count). The molecule has 1 N–H and O–H groups in total. The van der Waals surface area contributed by atoms with Crippen LogP contribution in [-0.2, 0) is 11.3 Å². The third-order valence-electron chi connectivity index (χ3n) is 3.82. The van der Waals surface area contributed by atoms with E-state index in [0.717, 1.165) is 43.9 Å². The summed E-state index contributed by atoms with van der Waals surface area (Å²) in [7, 11) is 0. The van der Waals surface area contributed by atoms with Crippen LogP contribution in [0.1, 0.15) is 18.4 Å². The number of benzene rings is 1. The molecule has 1 heterocycles. The average Bonchev–Trinajstić information content (AvgIpc) is 3.23. The van der Waals surface area contributed by atoms with Crippen LogP contribution in [0.3, 0.4) is 0 Å². The smallest absolute Gasteiger partial charge is 0.0826 e. The predicted octanol–water partition coefficient (Wildman–Crippen LogP) is 2.29. The van der Waals surface area contributed by atoms with Crippen molar-refractivity contribution >= 4 is 11.6 Å². The lowest BCUT2D eigenvalue weighted by Gasteiger charge is -2.33. The molecule has 104 valence electrons. The molecule has 1 atom stereocenters. The van der Waals surface area contributed by atoms with Gasteiger partial charge in [0.25, 0.3) is 0 Å². The minimum atomic E-state index is 0.327. The number of ether oxygens (including phenoxy) is 1. The second-order valence-corrected chi connectivity index (χ2v) is 5.92. The van der Waals surface area contributed by atoms with Gasteiger partial charge < -0.3 is 10.1 Å². The topological polar surface area (TPSA) is 24.5 Å². The highest BCUT2D eigenvalue weighted by molar-refractivity contribution is 6.30. The molecule has 19 heavy (non-hydrogen) atoms. The van der Waals surface area contributed by atoms with Gasteiger partial charge in [0.1, 0.15) is 0 Å². The molecule has 0 aromatic heterocycles. The molecule has 1 aliphatic carbocycles. The Bertz CT molecular complexity index is 422. The van der Waals surface area contributed by atoms with Gasteiger partial charge in [-0.2, -0.15) is 0 Å². The fourth-order valence-electron chi connectivity index (χ4n) is 2.66. The maximum absolute atomic E-state index is 5.97. The van der Waals surface area contributed by atoms with Crippen LogP contribution in [-0.4, -0.2) is 43.3 Å². The van der Waals surface area contributed by atoms with Crippen molar-refractivity contribution in [3.8, 4) is 0 Å². The van der Waals surface area contributed by atoms with E-state index in [1.165, 1.54) is 18.4 Å². The Morgan fingerprint density at radius 1 is 1.37 bits per heavy atom. The van der Waals surface area contributed by atoms with Crippen LogP contribution in [0.4, 0.5) is 0 Å². The monoisotopic (exact) mass is 280 g/mol. The Morgan fingerprint density at radius 3 is 3.05 bits per heavy atom. The summed E-state index contributed by atoms with van der Waals surface area (Å²) < 4.78 is 5.82. The van der Waals surface area contributed by atoms with Crippen LogP contribution in [0, 0.1) is 0 Å². The van der Waals surface area contributed by atoms with E-state index in [-0.39, 0.29) is 0 Å². The number of nitrogens with one attached hydrogen (secondary N) is 1. The fraction of sp³-hybridized carbons (Fsp3) is 0.600. The lowest BCUT2D eigenvalue weighted by molar-refractivity contribution is -0.0301. The van der Waals surface area contributed by atoms with Gasteiger partial charge in [-0.15, -0.1) is 0 Å². The SMILES string of the molecule is Clc1cccc(CNC[C@@H]2CN(C3CC3)CCO2)c1. The van der Waals surface area contributed by atoms with E-state index in [1.807, 2.05) is 18.2 Å². The first-order chi connectivity index (χ1) is 9.31. The van der Waals surface area contributed by atoms with Crippen LogP contribution in [0.25, 0.3) is 0 Å². The van der Waals surface area contributed by atoms with Crippen LogP contribution in [0.5, 0.6) is 0 Å². The van der Waals surface area contributed by atoms with Gasteiger partial charge in [0.05, 0.1) is 12.7 Å². The van der Waals surface area contributed by atoms with Gasteiger partial charge in [0.15, 0.2) is 0 Å². The van der Waals surface area contributed by atoms with Crippen LogP contribution >= 0.6 is 11.6 Å². The molecular formula is C15H21ClN2O. The van der Waals surface area contributed by atoms with Crippen molar-refractivity contribution in [2.24, 2.45) is 0 Å². The van der Waals surface area contributed by atoms with Crippen LogP contribution in [0.2, 0.25) is 5.02 Å². The van der Waals surface area contributed by atoms with Crippen molar-refractivity contribution < 1.29 is 4.74 Å². The standard InChI is InChI=1S/C15H21ClN2O/c16-13-3-1-2-12(8-13)9-17-10-15-11-18(6-7-19-15)14-4-5-14/h1-3,8,14-15,17H,4-7,9-11H2/t15-/m1/s1. The third-order valence-corrected chi connectivity index (χ3v) is 4.06. The number of rotatable bonds is 5. The molecule has 1 saturated heterocycles. The van der Waals surface area contributed by atoms with Crippen molar-refractivity contribution in [1.82, 2.24) is 10.2 Å². The summed E-state index contributed by atoms with van der Waals surface area (Å²) in [5.74, 6) is 0. The van der Waals surface area contributed by atoms with Crippen molar-refractivity contribution in [2.75, 3.05) is 26.2 Å². The van der Waals surface area contributed by atoms with Gasteiger partial charge in [-0.3, -0.25) is 4.90 Å². The number of hydrogen-bond donors (Lipinski definition) is 1. The Morgan fingerprint density at radius 2 is 2.26 bits per heavy atom. The highest BCUT2D eigenvalue weighted by atomic mass is 35.5. The Kier molecular flexibility index (Phi) is 4.38. The largest absolute Gasteiger partial charge is 0.374 e. The highest BCUT2D eigenvalue weighted by Crippen LogP contribution is 2.28. The van der Waals surface area contributed by atoms with Gasteiger partial charge in [0, 0.05) is 37.2 Å². The lowest BCUT2D eigenvalue weighted by atomic mass is 10.2. The molecule has 1 aromatic rings. The third kappa shape index (κ3) is 3.93. The summed E-state index contributed by atoms with van der Waals surface area (Å²) in [6, 6.07) is 8.84. The first-order valence-electron chi connectivity index (χ1n) is 7.12. The Hall–Kier alpha value is -0.610. The van der Waals surface area contributed by atoms with E-state index >= 15 is 0 Å². The molecule has 0 unspecified atom stereocenters. The zero-order valence-corrected chi connectivity index (χ0v) is 11.9. The number of morpholine rings is 1. The van der Waals surface area contributed by atoms with Crippen molar-refractivity contribution in [2.45, 2.75) is 31.5 Å². The van der Waals surface area contributed by atoms with E-state index < -0.39 is 0 Å². The molecular weight excluding hydrogens is 260 g/mol. The predicted molar refractivity (Wildman–Crippen MR) is 77.5 cm³/mol. The molecule has 0 bridgehead atoms. The minimum Gasteiger partial charge on any atom is -0.374 e. The molecule has 1 saturated carbocycles. The molecule has 2 aliphatic rings.